The maximum atomic E-state index is 13.6. The Kier molecular flexibility index (Phi) is 4.32. The van der Waals surface area contributed by atoms with E-state index in [-0.39, 0.29) is 5.03 Å². The highest BCUT2D eigenvalue weighted by Gasteiger charge is 2.36. The molecule has 2 aliphatic carbocycles. The van der Waals surface area contributed by atoms with Crippen LogP contribution in [0.25, 0.3) is 0 Å². The summed E-state index contributed by atoms with van der Waals surface area (Å²) in [5.41, 5.74) is 5.81. The third-order valence-corrected chi connectivity index (χ3v) is 8.04. The van der Waals surface area contributed by atoms with Crippen molar-refractivity contribution >= 4 is 21.2 Å². The number of nitrogens with zero attached hydrogens (tertiary/aromatic N) is 3. The summed E-state index contributed by atoms with van der Waals surface area (Å²) >= 11 is 0. The molecule has 1 saturated carbocycles. The van der Waals surface area contributed by atoms with Crippen molar-refractivity contribution in [3.05, 3.63) is 34.3 Å². The van der Waals surface area contributed by atoms with Crippen molar-refractivity contribution in [1.29, 1.82) is 0 Å². The van der Waals surface area contributed by atoms with Crippen LogP contribution in [0.1, 0.15) is 53.4 Å². The number of aromatic nitrogens is 3. The van der Waals surface area contributed by atoms with E-state index in [1.54, 1.807) is 10.7 Å². The van der Waals surface area contributed by atoms with Crippen LogP contribution in [-0.4, -0.2) is 37.9 Å². The van der Waals surface area contributed by atoms with Gasteiger partial charge in [-0.25, -0.2) is 9.00 Å². The number of aryl methyl sites for hydroxylation is 1. The Bertz CT molecular complexity index is 1090. The lowest BCUT2D eigenvalue weighted by molar-refractivity contribution is 0.0799. The van der Waals surface area contributed by atoms with Crippen LogP contribution >= 0.6 is 0 Å². The molecule has 5 rings (SSSR count). The lowest BCUT2D eigenvalue weighted by Crippen LogP contribution is -2.58. The van der Waals surface area contributed by atoms with Crippen LogP contribution in [0.2, 0.25) is 0 Å². The number of rotatable bonds is 4. The minimum absolute atomic E-state index is 0.165. The number of carbonyl (C=O) groups excluding carboxylic acids is 1. The lowest BCUT2D eigenvalue weighted by atomic mass is 10.0. The zero-order chi connectivity index (χ0) is 21.1. The molecule has 10 heteroatoms. The molecule has 2 aromatic rings. The molecule has 0 radical (unpaired) electrons. The molecule has 30 heavy (non-hydrogen) atoms. The number of hydrogen-bond donors (Lipinski definition) is 3. The van der Waals surface area contributed by atoms with E-state index in [1.807, 2.05) is 6.92 Å². The van der Waals surface area contributed by atoms with Gasteiger partial charge in [0.15, 0.2) is 5.03 Å². The highest BCUT2D eigenvalue weighted by Crippen LogP contribution is 2.44. The van der Waals surface area contributed by atoms with Gasteiger partial charge in [-0.15, -0.1) is 0 Å². The average molecular weight is 433 g/mol. The predicted molar refractivity (Wildman–Crippen MR) is 114 cm³/mol. The number of anilines is 1. The van der Waals surface area contributed by atoms with Gasteiger partial charge in [0.05, 0.1) is 40.6 Å². The summed E-state index contributed by atoms with van der Waals surface area (Å²) in [6.45, 7) is 3.49. The third-order valence-electron chi connectivity index (χ3n) is 6.11. The number of urea groups is 1. The molecule has 1 aliphatic heterocycles. The van der Waals surface area contributed by atoms with Crippen LogP contribution in [0, 0.1) is 6.92 Å². The molecule has 0 bridgehead atoms. The number of carbonyl (C=O) groups is 1. The molecule has 4 N–H and O–H groups in total. The summed E-state index contributed by atoms with van der Waals surface area (Å²) in [7, 11) is -4.19. The first kappa shape index (κ1) is 19.7. The molecular weight excluding hydrogens is 404 g/mol. The highest BCUT2D eigenvalue weighted by molar-refractivity contribution is 8.16. The van der Waals surface area contributed by atoms with E-state index >= 15 is 0 Å². The maximum Gasteiger partial charge on any atom is 0.330 e. The third kappa shape index (κ3) is 3.42. The van der Waals surface area contributed by atoms with Gasteiger partial charge in [0.25, 0.3) is 0 Å². The molecule has 2 amide bonds. The topological polar surface area (TPSA) is 124 Å². The quantitative estimate of drug-likeness (QED) is 0.681. The number of nitrogens with two attached hydrogens (primary N) is 1. The van der Waals surface area contributed by atoms with E-state index < -0.39 is 15.5 Å². The molecule has 0 aromatic carbocycles. The minimum atomic E-state index is -4.19. The Balaban J connectivity index is 1.42. The van der Waals surface area contributed by atoms with E-state index in [2.05, 4.69) is 15.1 Å². The maximum absolute atomic E-state index is 13.6. The van der Waals surface area contributed by atoms with Gasteiger partial charge in [-0.05, 0) is 56.2 Å². The molecular formula is C20H28N6O3S. The van der Waals surface area contributed by atoms with E-state index in [1.165, 1.54) is 6.26 Å². The summed E-state index contributed by atoms with van der Waals surface area (Å²) < 4.78 is 23.3. The Labute approximate surface area is 175 Å². The monoisotopic (exact) mass is 432 g/mol. The number of amides is 2. The fraction of sp³-hybridized carbons (Fsp3) is 0.550. The smallest absolute Gasteiger partial charge is 0.330 e. The molecule has 0 saturated heterocycles. The van der Waals surface area contributed by atoms with E-state index in [9.17, 15) is 9.00 Å². The second kappa shape index (κ2) is 6.60. The van der Waals surface area contributed by atoms with E-state index in [0.717, 1.165) is 66.0 Å². The van der Waals surface area contributed by atoms with Gasteiger partial charge in [0.1, 0.15) is 0 Å². The molecule has 3 heterocycles. The van der Waals surface area contributed by atoms with Crippen molar-refractivity contribution in [3.8, 4) is 0 Å². The van der Waals surface area contributed by atoms with Gasteiger partial charge in [-0.1, -0.05) is 0 Å². The van der Waals surface area contributed by atoms with Gasteiger partial charge in [0.2, 0.25) is 0 Å². The SMILES string of the molecule is Cc1c(C2CC2)nc2c(c1NC(=O)NS(C)(N)(=O)c1cc3n(n1)CCOC3)CCC2. The highest BCUT2D eigenvalue weighted by atomic mass is 32.3. The number of fused-ring (bicyclic) bond motifs is 2. The molecule has 3 aliphatic rings. The number of ether oxygens (including phenoxy) is 1. The van der Waals surface area contributed by atoms with Crippen LogP contribution in [-0.2, 0) is 40.2 Å². The summed E-state index contributed by atoms with van der Waals surface area (Å²) in [6.07, 6.45) is 6.45. The zero-order valence-electron chi connectivity index (χ0n) is 17.4. The lowest BCUT2D eigenvalue weighted by Gasteiger charge is -2.33. The summed E-state index contributed by atoms with van der Waals surface area (Å²) in [5, 5.41) is 13.7. The molecule has 0 spiro atoms. The van der Waals surface area contributed by atoms with Crippen LogP contribution in [0.15, 0.2) is 11.1 Å². The summed E-state index contributed by atoms with van der Waals surface area (Å²) in [6, 6.07) is 1.05. The fourth-order valence-electron chi connectivity index (χ4n) is 4.36. The predicted octanol–water partition coefficient (Wildman–Crippen LogP) is 1.90. The first-order chi connectivity index (χ1) is 14.2. The Morgan fingerprint density at radius 2 is 2.17 bits per heavy atom. The van der Waals surface area contributed by atoms with Crippen molar-refractivity contribution in [2.45, 2.75) is 63.1 Å². The first-order valence-corrected chi connectivity index (χ1v) is 12.8. The van der Waals surface area contributed by atoms with E-state index in [4.69, 9.17) is 14.9 Å². The second-order valence-corrected chi connectivity index (χ2v) is 12.2. The average Bonchev–Trinajstić information content (AvgIpc) is 3.23. The van der Waals surface area contributed by atoms with Gasteiger partial charge < -0.3 is 10.1 Å². The second-order valence-electron chi connectivity index (χ2n) is 8.77. The minimum Gasteiger partial charge on any atom is -0.373 e. The van der Waals surface area contributed by atoms with Crippen molar-refractivity contribution in [1.82, 2.24) is 19.5 Å². The Morgan fingerprint density at radius 3 is 2.90 bits per heavy atom. The van der Waals surface area contributed by atoms with Crippen LogP contribution in [0.4, 0.5) is 10.5 Å². The zero-order valence-corrected chi connectivity index (χ0v) is 18.2. The molecule has 162 valence electrons. The van der Waals surface area contributed by atoms with Gasteiger partial charge in [0, 0.05) is 23.6 Å². The molecule has 0 unspecified atom stereocenters. The van der Waals surface area contributed by atoms with E-state index in [0.29, 0.717) is 25.7 Å². The van der Waals surface area contributed by atoms with Crippen LogP contribution < -0.4 is 15.2 Å². The van der Waals surface area contributed by atoms with Crippen molar-refractivity contribution < 1.29 is 13.7 Å². The molecule has 1 fully saturated rings. The molecule has 2 aromatic heterocycles. The van der Waals surface area contributed by atoms with Gasteiger partial charge in [-0.2, -0.15) is 5.10 Å². The molecule has 0 atom stereocenters. The number of nitrogens with one attached hydrogen (secondary N) is 2. The van der Waals surface area contributed by atoms with Gasteiger partial charge >= 0.3 is 6.03 Å². The largest absolute Gasteiger partial charge is 0.373 e. The summed E-state index contributed by atoms with van der Waals surface area (Å²) in [5.74, 6) is 0.483. The molecule has 9 nitrogen and oxygen atoms in total. The fourth-order valence-corrected chi connectivity index (χ4v) is 5.71. The van der Waals surface area contributed by atoms with Crippen molar-refractivity contribution in [3.63, 3.8) is 0 Å². The Morgan fingerprint density at radius 1 is 1.37 bits per heavy atom. The first-order valence-electron chi connectivity index (χ1n) is 10.4. The number of pyridine rings is 1. The standard InChI is InChI=1S/C20H28N6O3S/c1-12-18(13-6-7-13)22-16-5-3-4-15(16)19(12)23-20(27)25-30(2,21,28)17-10-14-11-29-9-8-26(14)24-17/h10,13H,3-9,11H2,1-2H3,(H4,21,22,23,25,27,28). The van der Waals surface area contributed by atoms with Crippen LogP contribution in [0.5, 0.6) is 0 Å². The number of hydrogen-bond acceptors (Lipinski definition) is 5. The normalized spacial score (nSPS) is 19.5. The van der Waals surface area contributed by atoms with Crippen LogP contribution in [0.3, 0.4) is 0 Å². The van der Waals surface area contributed by atoms with Crippen molar-refractivity contribution in [2.75, 3.05) is 18.2 Å². The summed E-state index contributed by atoms with van der Waals surface area (Å²) in [4.78, 5) is 17.8. The van der Waals surface area contributed by atoms with Gasteiger partial charge in [-0.3, -0.25) is 19.5 Å². The van der Waals surface area contributed by atoms with Crippen molar-refractivity contribution in [2.24, 2.45) is 5.14 Å². The Hall–Kier alpha value is -2.30.